The van der Waals surface area contributed by atoms with Crippen LogP contribution in [0.5, 0.6) is 0 Å². The van der Waals surface area contributed by atoms with Gasteiger partial charge in [0.25, 0.3) is 0 Å². The van der Waals surface area contributed by atoms with Crippen LogP contribution in [0.3, 0.4) is 0 Å². The minimum Gasteiger partial charge on any atom is -0.450 e. The third kappa shape index (κ3) is 3.35. The second kappa shape index (κ2) is 2.35. The van der Waals surface area contributed by atoms with E-state index in [2.05, 4.69) is 4.74 Å². The van der Waals surface area contributed by atoms with Gasteiger partial charge in [-0.2, -0.15) is 5.26 Å². The van der Waals surface area contributed by atoms with Crippen LogP contribution in [-0.2, 0) is 4.74 Å². The topological polar surface area (TPSA) is 70.3 Å². The van der Waals surface area contributed by atoms with Gasteiger partial charge in [0.15, 0.2) is 5.60 Å². The van der Waals surface area contributed by atoms with Crippen LogP contribution in [0.2, 0.25) is 0 Å². The molecule has 0 aromatic heterocycles. The molecule has 0 aromatic rings. The smallest absolute Gasteiger partial charge is 0.450 e. The SMILES string of the molecule is CC(C)(C#N)OC(=O)O. The van der Waals surface area contributed by atoms with Crippen LogP contribution in [0.15, 0.2) is 0 Å². The highest BCUT2D eigenvalue weighted by atomic mass is 16.7. The van der Waals surface area contributed by atoms with Gasteiger partial charge in [0.05, 0.1) is 0 Å². The van der Waals surface area contributed by atoms with Gasteiger partial charge in [-0.25, -0.2) is 4.79 Å². The fourth-order valence-electron chi connectivity index (χ4n) is 0.241. The zero-order chi connectivity index (χ0) is 7.49. The van der Waals surface area contributed by atoms with Gasteiger partial charge >= 0.3 is 6.16 Å². The molecule has 4 nitrogen and oxygen atoms in total. The zero-order valence-electron chi connectivity index (χ0n) is 5.21. The first-order chi connectivity index (χ1) is 3.98. The van der Waals surface area contributed by atoms with Crippen molar-refractivity contribution in [2.75, 3.05) is 0 Å². The summed E-state index contributed by atoms with van der Waals surface area (Å²) in [5.74, 6) is 0. The van der Waals surface area contributed by atoms with E-state index in [-0.39, 0.29) is 0 Å². The summed E-state index contributed by atoms with van der Waals surface area (Å²) in [6.07, 6.45) is -1.43. The normalized spacial score (nSPS) is 9.89. The van der Waals surface area contributed by atoms with Crippen molar-refractivity contribution in [2.24, 2.45) is 0 Å². The van der Waals surface area contributed by atoms with Crippen LogP contribution in [0.1, 0.15) is 13.8 Å². The van der Waals surface area contributed by atoms with Gasteiger partial charge in [0.1, 0.15) is 6.07 Å². The highest BCUT2D eigenvalue weighted by Crippen LogP contribution is 2.05. The van der Waals surface area contributed by atoms with Gasteiger partial charge in [0, 0.05) is 0 Å². The molecule has 0 atom stereocenters. The third-order valence-electron chi connectivity index (χ3n) is 0.612. The predicted molar refractivity (Wildman–Crippen MR) is 28.8 cm³/mol. The van der Waals surface area contributed by atoms with E-state index in [0.29, 0.717) is 0 Å². The molecule has 9 heavy (non-hydrogen) atoms. The molecule has 0 amide bonds. The van der Waals surface area contributed by atoms with E-state index in [1.165, 1.54) is 13.8 Å². The Morgan fingerprint density at radius 3 is 2.33 bits per heavy atom. The maximum atomic E-state index is 9.80. The van der Waals surface area contributed by atoms with Crippen molar-refractivity contribution in [1.82, 2.24) is 0 Å². The lowest BCUT2D eigenvalue weighted by molar-refractivity contribution is 0.0345. The molecule has 0 aromatic carbocycles. The first-order valence-corrected chi connectivity index (χ1v) is 2.31. The van der Waals surface area contributed by atoms with Gasteiger partial charge in [-0.15, -0.1) is 0 Å². The fraction of sp³-hybridized carbons (Fsp3) is 0.600. The van der Waals surface area contributed by atoms with E-state index in [0.717, 1.165) is 0 Å². The number of hydrogen-bond acceptors (Lipinski definition) is 3. The average Bonchev–Trinajstić information content (AvgIpc) is 1.63. The fourth-order valence-corrected chi connectivity index (χ4v) is 0.241. The third-order valence-corrected chi connectivity index (χ3v) is 0.612. The van der Waals surface area contributed by atoms with Crippen LogP contribution in [0, 0.1) is 11.3 Å². The second-order valence-electron chi connectivity index (χ2n) is 1.99. The molecule has 0 aliphatic heterocycles. The number of nitrogens with zero attached hydrogens (tertiary/aromatic N) is 1. The number of hydrogen-bond donors (Lipinski definition) is 1. The summed E-state index contributed by atoms with van der Waals surface area (Å²) in [7, 11) is 0. The highest BCUT2D eigenvalue weighted by molar-refractivity contribution is 5.57. The van der Waals surface area contributed by atoms with E-state index in [1.807, 2.05) is 0 Å². The van der Waals surface area contributed by atoms with Gasteiger partial charge in [-0.3, -0.25) is 0 Å². The van der Waals surface area contributed by atoms with Gasteiger partial charge in [-0.05, 0) is 13.8 Å². The number of carboxylic acid groups (broad SMARTS) is 1. The van der Waals surface area contributed by atoms with Crippen molar-refractivity contribution in [1.29, 1.82) is 5.26 Å². The summed E-state index contributed by atoms with van der Waals surface area (Å²) in [5, 5.41) is 16.2. The minimum atomic E-state index is -1.43. The van der Waals surface area contributed by atoms with E-state index in [1.54, 1.807) is 6.07 Å². The van der Waals surface area contributed by atoms with Gasteiger partial charge < -0.3 is 9.84 Å². The first-order valence-electron chi connectivity index (χ1n) is 2.31. The Labute approximate surface area is 52.7 Å². The lowest BCUT2D eigenvalue weighted by Crippen LogP contribution is -2.24. The molecule has 0 aliphatic carbocycles. The van der Waals surface area contributed by atoms with Crippen molar-refractivity contribution < 1.29 is 14.6 Å². The molecule has 0 radical (unpaired) electrons. The summed E-state index contributed by atoms with van der Waals surface area (Å²) in [4.78, 5) is 9.80. The van der Waals surface area contributed by atoms with Crippen molar-refractivity contribution in [2.45, 2.75) is 19.4 Å². The van der Waals surface area contributed by atoms with Crippen LogP contribution < -0.4 is 0 Å². The zero-order valence-corrected chi connectivity index (χ0v) is 5.21. The lowest BCUT2D eigenvalue weighted by atomic mass is 10.2. The molecule has 0 rings (SSSR count). The Balaban J connectivity index is 3.91. The monoisotopic (exact) mass is 129 g/mol. The van der Waals surface area contributed by atoms with Crippen molar-refractivity contribution in [3.05, 3.63) is 0 Å². The molecular weight excluding hydrogens is 122 g/mol. The number of rotatable bonds is 1. The summed E-state index contributed by atoms with van der Waals surface area (Å²) in [6.45, 7) is 2.75. The maximum Gasteiger partial charge on any atom is 0.507 e. The van der Waals surface area contributed by atoms with Crippen LogP contribution in [-0.4, -0.2) is 16.9 Å². The summed E-state index contributed by atoms with van der Waals surface area (Å²) in [6, 6.07) is 1.67. The predicted octanol–water partition coefficient (Wildman–Crippen LogP) is 0.983. The van der Waals surface area contributed by atoms with E-state index >= 15 is 0 Å². The summed E-state index contributed by atoms with van der Waals surface area (Å²) in [5.41, 5.74) is -1.23. The molecule has 0 spiro atoms. The first kappa shape index (κ1) is 7.76. The summed E-state index contributed by atoms with van der Waals surface area (Å²) < 4.78 is 4.14. The van der Waals surface area contributed by atoms with Crippen LogP contribution >= 0.6 is 0 Å². The molecule has 4 heteroatoms. The van der Waals surface area contributed by atoms with Crippen molar-refractivity contribution in [3.63, 3.8) is 0 Å². The van der Waals surface area contributed by atoms with Crippen molar-refractivity contribution in [3.8, 4) is 6.07 Å². The molecule has 0 heterocycles. The average molecular weight is 129 g/mol. The Morgan fingerprint density at radius 2 is 2.22 bits per heavy atom. The number of nitriles is 1. The molecule has 0 unspecified atom stereocenters. The van der Waals surface area contributed by atoms with E-state index in [9.17, 15) is 4.79 Å². The molecule has 0 fully saturated rings. The minimum absolute atomic E-state index is 1.23. The van der Waals surface area contributed by atoms with Crippen LogP contribution in [0.25, 0.3) is 0 Å². The van der Waals surface area contributed by atoms with Gasteiger partial charge in [-0.1, -0.05) is 0 Å². The molecule has 1 N–H and O–H groups in total. The Kier molecular flexibility index (Phi) is 2.03. The quantitative estimate of drug-likeness (QED) is 0.536. The molecule has 0 saturated heterocycles. The van der Waals surface area contributed by atoms with Crippen LogP contribution in [0.4, 0.5) is 4.79 Å². The Morgan fingerprint density at radius 1 is 1.78 bits per heavy atom. The molecule has 0 saturated carbocycles. The van der Waals surface area contributed by atoms with E-state index in [4.69, 9.17) is 10.4 Å². The van der Waals surface area contributed by atoms with Crippen molar-refractivity contribution >= 4 is 6.16 Å². The maximum absolute atomic E-state index is 9.80. The highest BCUT2D eigenvalue weighted by Gasteiger charge is 2.20. The molecule has 0 aliphatic rings. The summed E-state index contributed by atoms with van der Waals surface area (Å²) >= 11 is 0. The number of ether oxygens (including phenoxy) is 1. The van der Waals surface area contributed by atoms with E-state index < -0.39 is 11.8 Å². The lowest BCUT2D eigenvalue weighted by Gasteiger charge is -2.12. The number of carbonyl (C=O) groups is 1. The largest absolute Gasteiger partial charge is 0.507 e. The molecular formula is C5H7NO3. The molecule has 0 bridgehead atoms. The van der Waals surface area contributed by atoms with Gasteiger partial charge in [0.2, 0.25) is 0 Å². The Bertz CT molecular complexity index is 156. The second-order valence-corrected chi connectivity index (χ2v) is 1.99. The standard InChI is InChI=1S/C5H7NO3/c1-5(2,3-6)9-4(7)8/h1-2H3,(H,7,8). The Hall–Kier alpha value is -1.24. The molecule has 50 valence electrons.